The van der Waals surface area contributed by atoms with E-state index in [2.05, 4.69) is 15.1 Å². The van der Waals surface area contributed by atoms with Crippen molar-refractivity contribution in [3.05, 3.63) is 59.7 Å². The maximum atomic E-state index is 12.6. The van der Waals surface area contributed by atoms with Crippen molar-refractivity contribution in [3.8, 4) is 0 Å². The smallest absolute Gasteiger partial charge is 0.228 e. The first-order chi connectivity index (χ1) is 16.1. The number of nitrogens with zero attached hydrogens (tertiary/aromatic N) is 2. The standard InChI is InChI=1S/C25H31Cl2N3O3/c26-8-10-30(11-9-27)23-6-4-20(5-7-23)18-25(32)28-22-3-1-2-21(16-22)17-24(31)19-29-12-14-33-15-13-29/h1-7,16H,8-15,17-19H2,(H,28,32). The molecule has 0 radical (unpaired) electrons. The van der Waals surface area contributed by atoms with Crippen LogP contribution >= 0.6 is 23.2 Å². The molecule has 6 nitrogen and oxygen atoms in total. The zero-order chi connectivity index (χ0) is 23.5. The molecule has 1 fully saturated rings. The van der Waals surface area contributed by atoms with Crippen molar-refractivity contribution in [2.45, 2.75) is 12.8 Å². The predicted octanol–water partition coefficient (Wildman–Crippen LogP) is 3.60. The van der Waals surface area contributed by atoms with E-state index in [1.54, 1.807) is 0 Å². The highest BCUT2D eigenvalue weighted by molar-refractivity contribution is 6.18. The second-order valence-electron chi connectivity index (χ2n) is 8.06. The molecule has 0 unspecified atom stereocenters. The average molecular weight is 492 g/mol. The van der Waals surface area contributed by atoms with E-state index in [1.165, 1.54) is 0 Å². The van der Waals surface area contributed by atoms with Crippen LogP contribution in [0.4, 0.5) is 11.4 Å². The van der Waals surface area contributed by atoms with Crippen LogP contribution in [0.5, 0.6) is 0 Å². The monoisotopic (exact) mass is 491 g/mol. The van der Waals surface area contributed by atoms with Gasteiger partial charge in [0.1, 0.15) is 0 Å². The molecule has 1 heterocycles. The number of ether oxygens (including phenoxy) is 1. The molecule has 1 saturated heterocycles. The molecule has 3 rings (SSSR count). The molecule has 8 heteroatoms. The third-order valence-electron chi connectivity index (χ3n) is 5.49. The zero-order valence-corrected chi connectivity index (χ0v) is 20.3. The summed E-state index contributed by atoms with van der Waals surface area (Å²) in [5.41, 5.74) is 3.55. The van der Waals surface area contributed by atoms with Crippen LogP contribution in [0, 0.1) is 0 Å². The van der Waals surface area contributed by atoms with Gasteiger partial charge in [0, 0.05) is 55.7 Å². The van der Waals surface area contributed by atoms with Crippen LogP contribution in [0.1, 0.15) is 11.1 Å². The van der Waals surface area contributed by atoms with E-state index in [0.29, 0.717) is 43.6 Å². The molecule has 1 aliphatic rings. The Morgan fingerprint density at radius 1 is 0.939 bits per heavy atom. The Morgan fingerprint density at radius 2 is 1.64 bits per heavy atom. The molecular weight excluding hydrogens is 461 g/mol. The number of anilines is 2. The highest BCUT2D eigenvalue weighted by Crippen LogP contribution is 2.17. The van der Waals surface area contributed by atoms with Gasteiger partial charge in [0.15, 0.2) is 5.78 Å². The predicted molar refractivity (Wildman–Crippen MR) is 135 cm³/mol. The number of ketones is 1. The number of hydrogen-bond acceptors (Lipinski definition) is 5. The van der Waals surface area contributed by atoms with Gasteiger partial charge in [-0.25, -0.2) is 0 Å². The van der Waals surface area contributed by atoms with Crippen LogP contribution in [0.2, 0.25) is 0 Å². The Bertz CT molecular complexity index is 896. The van der Waals surface area contributed by atoms with Gasteiger partial charge in [-0.05, 0) is 35.4 Å². The van der Waals surface area contributed by atoms with Crippen LogP contribution in [-0.4, -0.2) is 74.3 Å². The molecule has 0 aromatic heterocycles. The average Bonchev–Trinajstić information content (AvgIpc) is 2.80. The third kappa shape index (κ3) is 8.63. The molecule has 0 saturated carbocycles. The minimum absolute atomic E-state index is 0.0992. The zero-order valence-electron chi connectivity index (χ0n) is 18.8. The fourth-order valence-electron chi connectivity index (χ4n) is 3.84. The van der Waals surface area contributed by atoms with Crippen LogP contribution in [0.15, 0.2) is 48.5 Å². The number of hydrogen-bond donors (Lipinski definition) is 1. The Kier molecular flexibility index (Phi) is 10.5. The lowest BCUT2D eigenvalue weighted by Crippen LogP contribution is -2.39. The van der Waals surface area contributed by atoms with E-state index >= 15 is 0 Å². The van der Waals surface area contributed by atoms with Crippen LogP contribution in [-0.2, 0) is 27.2 Å². The highest BCUT2D eigenvalue weighted by Gasteiger charge is 2.15. The number of rotatable bonds is 12. The normalized spacial score (nSPS) is 14.1. The van der Waals surface area contributed by atoms with Crippen LogP contribution in [0.25, 0.3) is 0 Å². The van der Waals surface area contributed by atoms with Crippen molar-refractivity contribution in [3.63, 3.8) is 0 Å². The number of carbonyl (C=O) groups excluding carboxylic acids is 2. The largest absolute Gasteiger partial charge is 0.379 e. The van der Waals surface area contributed by atoms with Gasteiger partial charge in [-0.3, -0.25) is 14.5 Å². The molecule has 2 aromatic rings. The fraction of sp³-hybridized carbons (Fsp3) is 0.440. The van der Waals surface area contributed by atoms with Crippen molar-refractivity contribution in [2.75, 3.05) is 67.9 Å². The number of nitrogens with one attached hydrogen (secondary N) is 1. The van der Waals surface area contributed by atoms with Crippen LogP contribution < -0.4 is 10.2 Å². The lowest BCUT2D eigenvalue weighted by Gasteiger charge is -2.25. The maximum absolute atomic E-state index is 12.6. The Labute approximate surface area is 205 Å². The van der Waals surface area contributed by atoms with Crippen molar-refractivity contribution in [2.24, 2.45) is 0 Å². The van der Waals surface area contributed by atoms with Crippen LogP contribution in [0.3, 0.4) is 0 Å². The van der Waals surface area contributed by atoms with Crippen molar-refractivity contribution >= 4 is 46.3 Å². The summed E-state index contributed by atoms with van der Waals surface area (Å²) in [5, 5.41) is 2.94. The molecule has 0 spiro atoms. The lowest BCUT2D eigenvalue weighted by molar-refractivity contribution is -0.120. The van der Waals surface area contributed by atoms with E-state index in [4.69, 9.17) is 27.9 Å². The van der Waals surface area contributed by atoms with E-state index < -0.39 is 0 Å². The number of amides is 1. The first kappa shape index (κ1) is 25.5. The summed E-state index contributed by atoms with van der Waals surface area (Å²) in [5.74, 6) is 1.12. The number of alkyl halides is 2. The van der Waals surface area contributed by atoms with Gasteiger partial charge in [-0.15, -0.1) is 23.2 Å². The number of morpholine rings is 1. The Hall–Kier alpha value is -2.12. The Morgan fingerprint density at radius 3 is 2.30 bits per heavy atom. The second kappa shape index (κ2) is 13.6. The van der Waals surface area contributed by atoms with E-state index in [1.807, 2.05) is 48.5 Å². The number of benzene rings is 2. The molecule has 0 aliphatic carbocycles. The minimum atomic E-state index is -0.0992. The van der Waals surface area contributed by atoms with Gasteiger partial charge in [0.05, 0.1) is 26.2 Å². The summed E-state index contributed by atoms with van der Waals surface area (Å²) in [7, 11) is 0. The lowest BCUT2D eigenvalue weighted by atomic mass is 10.1. The summed E-state index contributed by atoms with van der Waals surface area (Å²) in [6, 6.07) is 15.4. The van der Waals surface area contributed by atoms with Crippen molar-refractivity contribution in [1.82, 2.24) is 4.90 Å². The summed E-state index contributed by atoms with van der Waals surface area (Å²) >= 11 is 11.8. The van der Waals surface area contributed by atoms with Gasteiger partial charge in [-0.2, -0.15) is 0 Å². The van der Waals surface area contributed by atoms with Crippen molar-refractivity contribution < 1.29 is 14.3 Å². The fourth-order valence-corrected chi connectivity index (χ4v) is 4.25. The highest BCUT2D eigenvalue weighted by atomic mass is 35.5. The first-order valence-electron chi connectivity index (χ1n) is 11.2. The molecule has 0 bridgehead atoms. The summed E-state index contributed by atoms with van der Waals surface area (Å²) < 4.78 is 5.33. The second-order valence-corrected chi connectivity index (χ2v) is 8.82. The quantitative estimate of drug-likeness (QED) is 0.459. The Balaban J connectivity index is 1.51. The van der Waals surface area contributed by atoms with Gasteiger partial charge in [0.25, 0.3) is 0 Å². The molecular formula is C25H31Cl2N3O3. The number of Topliss-reactive ketones (excluding diaryl/α,β-unsaturated/α-hetero) is 1. The minimum Gasteiger partial charge on any atom is -0.379 e. The first-order valence-corrected chi connectivity index (χ1v) is 12.3. The molecule has 1 N–H and O–H groups in total. The van der Waals surface area contributed by atoms with Gasteiger partial charge in [0.2, 0.25) is 5.91 Å². The molecule has 0 atom stereocenters. The van der Waals surface area contributed by atoms with Gasteiger partial charge >= 0.3 is 0 Å². The third-order valence-corrected chi connectivity index (χ3v) is 5.83. The maximum Gasteiger partial charge on any atom is 0.228 e. The summed E-state index contributed by atoms with van der Waals surface area (Å²) in [6.45, 7) is 4.82. The summed E-state index contributed by atoms with van der Waals surface area (Å²) in [4.78, 5) is 29.2. The molecule has 33 heavy (non-hydrogen) atoms. The number of carbonyl (C=O) groups is 2. The molecule has 1 amide bonds. The summed E-state index contributed by atoms with van der Waals surface area (Å²) in [6.07, 6.45) is 0.620. The van der Waals surface area contributed by atoms with Gasteiger partial charge < -0.3 is 15.0 Å². The van der Waals surface area contributed by atoms with Crippen molar-refractivity contribution in [1.29, 1.82) is 0 Å². The van der Waals surface area contributed by atoms with E-state index in [9.17, 15) is 9.59 Å². The SMILES string of the molecule is O=C(Cc1cccc(NC(=O)Cc2ccc(N(CCCl)CCCl)cc2)c1)CN1CCOCC1. The van der Waals surface area contributed by atoms with Gasteiger partial charge in [-0.1, -0.05) is 24.3 Å². The number of halogens is 2. The molecule has 2 aromatic carbocycles. The van der Waals surface area contributed by atoms with E-state index in [-0.39, 0.29) is 18.1 Å². The van der Waals surface area contributed by atoms with E-state index in [0.717, 1.165) is 43.0 Å². The molecule has 178 valence electrons. The topological polar surface area (TPSA) is 61.9 Å². The molecule has 1 aliphatic heterocycles.